The van der Waals surface area contributed by atoms with Gasteiger partial charge in [-0.25, -0.2) is 0 Å². The fraction of sp³-hybridized carbons (Fsp3) is 0.375. The fourth-order valence-electron chi connectivity index (χ4n) is 1.93. The van der Waals surface area contributed by atoms with E-state index in [4.69, 9.17) is 4.52 Å². The number of aryl methyl sites for hydroxylation is 1. The molecule has 0 spiro atoms. The molecule has 0 aliphatic carbocycles. The Bertz CT molecular complexity index is 642. The quantitative estimate of drug-likeness (QED) is 0.756. The van der Waals surface area contributed by atoms with Crippen LogP contribution in [0.2, 0.25) is 0 Å². The number of Topliss-reactive ketones (excluding diaryl/α,β-unsaturated/α-hetero) is 1. The van der Waals surface area contributed by atoms with Crippen LogP contribution in [-0.2, 0) is 12.6 Å². The number of aromatic nitrogens is 1. The van der Waals surface area contributed by atoms with Crippen molar-refractivity contribution in [3.63, 3.8) is 0 Å². The van der Waals surface area contributed by atoms with Crippen LogP contribution in [0, 0.1) is 0 Å². The summed E-state index contributed by atoms with van der Waals surface area (Å²) < 4.78 is 42.3. The van der Waals surface area contributed by atoms with Crippen LogP contribution in [0.5, 0.6) is 0 Å². The van der Waals surface area contributed by atoms with Gasteiger partial charge >= 0.3 is 6.18 Å². The Hall–Kier alpha value is -2.11. The normalized spacial score (nSPS) is 11.9. The first-order chi connectivity index (χ1) is 10.3. The van der Waals surface area contributed by atoms with Crippen LogP contribution in [0.3, 0.4) is 0 Å². The molecule has 0 N–H and O–H groups in total. The van der Waals surface area contributed by atoms with Gasteiger partial charge in [0.25, 0.3) is 0 Å². The highest BCUT2D eigenvalue weighted by atomic mass is 19.4. The Morgan fingerprint density at radius 3 is 2.36 bits per heavy atom. The molecule has 0 bridgehead atoms. The van der Waals surface area contributed by atoms with E-state index in [9.17, 15) is 18.0 Å². The summed E-state index contributed by atoms with van der Waals surface area (Å²) in [7, 11) is 0. The van der Waals surface area contributed by atoms with Crippen molar-refractivity contribution in [2.45, 2.75) is 38.8 Å². The number of ketones is 1. The van der Waals surface area contributed by atoms with E-state index in [0.29, 0.717) is 17.7 Å². The van der Waals surface area contributed by atoms with Gasteiger partial charge in [0.15, 0.2) is 0 Å². The molecule has 0 aliphatic rings. The Morgan fingerprint density at radius 1 is 1.23 bits per heavy atom. The van der Waals surface area contributed by atoms with Crippen molar-refractivity contribution < 1.29 is 22.5 Å². The Morgan fingerprint density at radius 2 is 1.86 bits per heavy atom. The minimum atomic E-state index is -4.35. The number of halogens is 3. The van der Waals surface area contributed by atoms with Gasteiger partial charge in [0.1, 0.15) is 0 Å². The zero-order valence-corrected chi connectivity index (χ0v) is 12.3. The topological polar surface area (TPSA) is 43.1 Å². The van der Waals surface area contributed by atoms with E-state index in [-0.39, 0.29) is 23.9 Å². The van der Waals surface area contributed by atoms with Crippen molar-refractivity contribution in [3.05, 3.63) is 52.9 Å². The number of nitrogens with zero attached hydrogens (tertiary/aromatic N) is 1. The highest BCUT2D eigenvalue weighted by molar-refractivity contribution is 5.93. The van der Waals surface area contributed by atoms with E-state index in [1.54, 1.807) is 6.07 Å². The average Bonchev–Trinajstić information content (AvgIpc) is 2.94. The summed E-state index contributed by atoms with van der Waals surface area (Å²) in [6.45, 7) is 3.88. The summed E-state index contributed by atoms with van der Waals surface area (Å²) in [6, 6.07) is 6.42. The Balaban J connectivity index is 1.96. The molecule has 118 valence electrons. The van der Waals surface area contributed by atoms with Crippen LogP contribution in [-0.4, -0.2) is 10.9 Å². The molecule has 0 fully saturated rings. The summed E-state index contributed by atoms with van der Waals surface area (Å²) in [6.07, 6.45) is -3.83. The molecule has 22 heavy (non-hydrogen) atoms. The number of carbonyl (C=O) groups is 1. The molecule has 1 aromatic carbocycles. The number of hydrogen-bond acceptors (Lipinski definition) is 3. The highest BCUT2D eigenvalue weighted by Crippen LogP contribution is 2.29. The van der Waals surface area contributed by atoms with Crippen molar-refractivity contribution in [1.82, 2.24) is 5.16 Å². The summed E-state index contributed by atoms with van der Waals surface area (Å²) in [4.78, 5) is 12.0. The van der Waals surface area contributed by atoms with Gasteiger partial charge in [0.2, 0.25) is 11.5 Å². The molecule has 1 aromatic heterocycles. The monoisotopic (exact) mass is 311 g/mol. The van der Waals surface area contributed by atoms with Crippen LogP contribution in [0.25, 0.3) is 0 Å². The number of hydrogen-bond donors (Lipinski definition) is 0. The van der Waals surface area contributed by atoms with Crippen LogP contribution < -0.4 is 0 Å². The van der Waals surface area contributed by atoms with E-state index in [1.165, 1.54) is 12.1 Å². The first-order valence-corrected chi connectivity index (χ1v) is 6.93. The molecular formula is C16H16F3NO2. The van der Waals surface area contributed by atoms with Crippen molar-refractivity contribution in [1.29, 1.82) is 0 Å². The molecule has 6 heteroatoms. The summed E-state index contributed by atoms with van der Waals surface area (Å²) in [5, 5.41) is 3.81. The van der Waals surface area contributed by atoms with Gasteiger partial charge in [-0.3, -0.25) is 4.79 Å². The van der Waals surface area contributed by atoms with Gasteiger partial charge in [-0.15, -0.1) is 0 Å². The van der Waals surface area contributed by atoms with Crippen LogP contribution in [0.4, 0.5) is 13.2 Å². The first kappa shape index (κ1) is 16.3. The molecule has 2 rings (SSSR count). The lowest BCUT2D eigenvalue weighted by Gasteiger charge is -2.07. The molecule has 0 saturated carbocycles. The third-order valence-electron chi connectivity index (χ3n) is 3.32. The zero-order chi connectivity index (χ0) is 16.3. The van der Waals surface area contributed by atoms with E-state index in [1.807, 2.05) is 13.8 Å². The third-order valence-corrected chi connectivity index (χ3v) is 3.32. The summed E-state index contributed by atoms with van der Waals surface area (Å²) in [5.74, 6) is 0.148. The van der Waals surface area contributed by atoms with E-state index in [2.05, 4.69) is 5.16 Å². The van der Waals surface area contributed by atoms with Gasteiger partial charge in [-0.2, -0.15) is 13.2 Å². The van der Waals surface area contributed by atoms with Crippen LogP contribution in [0.15, 0.2) is 34.9 Å². The van der Waals surface area contributed by atoms with Crippen LogP contribution >= 0.6 is 0 Å². The average molecular weight is 311 g/mol. The van der Waals surface area contributed by atoms with Gasteiger partial charge in [0, 0.05) is 12.5 Å². The lowest BCUT2D eigenvalue weighted by molar-refractivity contribution is -0.137. The van der Waals surface area contributed by atoms with Crippen molar-refractivity contribution in [2.24, 2.45) is 0 Å². The molecule has 2 aromatic rings. The predicted octanol–water partition coefficient (Wildman–Crippen LogP) is 4.63. The van der Waals surface area contributed by atoms with E-state index < -0.39 is 11.7 Å². The van der Waals surface area contributed by atoms with E-state index in [0.717, 1.165) is 12.1 Å². The Kier molecular flexibility index (Phi) is 4.68. The third kappa shape index (κ3) is 3.96. The number of alkyl halides is 3. The van der Waals surface area contributed by atoms with E-state index >= 15 is 0 Å². The van der Waals surface area contributed by atoms with Gasteiger partial charge in [-0.1, -0.05) is 31.1 Å². The smallest absolute Gasteiger partial charge is 0.353 e. The van der Waals surface area contributed by atoms with Gasteiger partial charge in [-0.05, 0) is 30.0 Å². The van der Waals surface area contributed by atoms with Crippen molar-refractivity contribution in [2.75, 3.05) is 0 Å². The van der Waals surface area contributed by atoms with Gasteiger partial charge in [0.05, 0.1) is 11.3 Å². The number of rotatable bonds is 5. The number of carbonyl (C=O) groups excluding carboxylic acids is 1. The van der Waals surface area contributed by atoms with Crippen molar-refractivity contribution >= 4 is 5.78 Å². The number of benzene rings is 1. The molecule has 0 atom stereocenters. The maximum Gasteiger partial charge on any atom is 0.416 e. The highest BCUT2D eigenvalue weighted by Gasteiger charge is 2.29. The SMILES string of the molecule is CC(C)c1cc(C(=O)CCc2ccc(C(F)(F)F)cc2)on1. The second-order valence-corrected chi connectivity index (χ2v) is 5.39. The second kappa shape index (κ2) is 6.34. The minimum absolute atomic E-state index is 0.165. The summed E-state index contributed by atoms with van der Waals surface area (Å²) in [5.41, 5.74) is 0.683. The lowest BCUT2D eigenvalue weighted by Crippen LogP contribution is -2.05. The molecule has 0 saturated heterocycles. The molecular weight excluding hydrogens is 295 g/mol. The molecule has 3 nitrogen and oxygen atoms in total. The fourth-order valence-corrected chi connectivity index (χ4v) is 1.93. The molecule has 0 unspecified atom stereocenters. The predicted molar refractivity (Wildman–Crippen MR) is 74.7 cm³/mol. The van der Waals surface area contributed by atoms with Gasteiger partial charge < -0.3 is 4.52 Å². The maximum absolute atomic E-state index is 12.4. The maximum atomic E-state index is 12.4. The lowest BCUT2D eigenvalue weighted by atomic mass is 10.0. The molecule has 0 amide bonds. The molecule has 0 radical (unpaired) electrons. The van der Waals surface area contributed by atoms with Crippen LogP contribution in [0.1, 0.15) is 53.6 Å². The Labute approximate surface area is 126 Å². The summed E-state index contributed by atoms with van der Waals surface area (Å²) >= 11 is 0. The second-order valence-electron chi connectivity index (χ2n) is 5.39. The zero-order valence-electron chi connectivity index (χ0n) is 12.3. The molecule has 1 heterocycles. The molecule has 0 aliphatic heterocycles. The first-order valence-electron chi connectivity index (χ1n) is 6.93. The largest absolute Gasteiger partial charge is 0.416 e. The van der Waals surface area contributed by atoms with Crippen molar-refractivity contribution in [3.8, 4) is 0 Å². The standard InChI is InChI=1S/C16H16F3NO2/c1-10(2)13-9-15(22-20-13)14(21)8-5-11-3-6-12(7-4-11)16(17,18)19/h3-4,6-7,9-10H,5,8H2,1-2H3. The minimum Gasteiger partial charge on any atom is -0.353 e.